The normalized spacial score (nSPS) is 14.1. The highest BCUT2D eigenvalue weighted by molar-refractivity contribution is 9.10. The number of hydrogen-bond acceptors (Lipinski definition) is 4. The Labute approximate surface area is 261 Å². The number of carboxylic acids is 1. The summed E-state index contributed by atoms with van der Waals surface area (Å²) in [4.78, 5) is 24.7. The third kappa shape index (κ3) is 6.76. The van der Waals surface area contributed by atoms with Crippen molar-refractivity contribution in [2.45, 2.75) is 39.0 Å². The molecule has 8 heteroatoms. The molecule has 0 bridgehead atoms. The van der Waals surface area contributed by atoms with Crippen LogP contribution in [-0.2, 0) is 17.6 Å². The number of anilines is 1. The van der Waals surface area contributed by atoms with Crippen LogP contribution in [0.4, 0.5) is 17.1 Å². The summed E-state index contributed by atoms with van der Waals surface area (Å²) >= 11 is 3.41. The molecular formula is C35H37BrN3O4+. The lowest BCUT2D eigenvalue weighted by molar-refractivity contribution is -0.119. The lowest BCUT2D eigenvalue weighted by atomic mass is 9.99. The number of amides is 1. The SMILES string of the molecule is COc1cc(CC(=O)NNc2c(C)cccc2[N+]2(c3ccc(Cc4ccccc4)cc3)CCCCC2)c(Br)cc1C(=O)O. The minimum absolute atomic E-state index is 0.0323. The van der Waals surface area contributed by atoms with Crippen molar-refractivity contribution in [3.8, 4) is 5.75 Å². The Morgan fingerprint density at radius 1 is 0.907 bits per heavy atom. The Kier molecular flexibility index (Phi) is 9.48. The van der Waals surface area contributed by atoms with Crippen molar-refractivity contribution in [1.29, 1.82) is 0 Å². The third-order valence-electron chi connectivity index (χ3n) is 8.25. The van der Waals surface area contributed by atoms with Crippen LogP contribution < -0.4 is 20.1 Å². The molecule has 1 aliphatic rings. The van der Waals surface area contributed by atoms with Gasteiger partial charge in [-0.2, -0.15) is 0 Å². The number of para-hydroxylation sites is 1. The first kappa shape index (κ1) is 30.3. The van der Waals surface area contributed by atoms with Gasteiger partial charge in [-0.25, -0.2) is 4.79 Å². The van der Waals surface area contributed by atoms with Gasteiger partial charge in [0.05, 0.1) is 26.6 Å². The van der Waals surface area contributed by atoms with E-state index in [1.807, 2.05) is 19.1 Å². The van der Waals surface area contributed by atoms with Crippen LogP contribution in [0, 0.1) is 6.92 Å². The number of nitrogens with zero attached hydrogens (tertiary/aromatic N) is 1. The van der Waals surface area contributed by atoms with Gasteiger partial charge >= 0.3 is 5.97 Å². The summed E-state index contributed by atoms with van der Waals surface area (Å²) in [6, 6.07) is 28.9. The van der Waals surface area contributed by atoms with Gasteiger partial charge in [-0.15, -0.1) is 0 Å². The number of halogens is 1. The zero-order valence-corrected chi connectivity index (χ0v) is 26.1. The van der Waals surface area contributed by atoms with Crippen LogP contribution in [0.1, 0.15) is 51.9 Å². The molecule has 1 fully saturated rings. The average Bonchev–Trinajstić information content (AvgIpc) is 3.02. The summed E-state index contributed by atoms with van der Waals surface area (Å²) in [5, 5.41) is 9.45. The smallest absolute Gasteiger partial charge is 0.339 e. The van der Waals surface area contributed by atoms with Crippen LogP contribution in [0.25, 0.3) is 0 Å². The molecule has 7 nitrogen and oxygen atoms in total. The zero-order chi connectivity index (χ0) is 30.4. The number of carboxylic acid groups (broad SMARTS) is 1. The first-order chi connectivity index (χ1) is 20.8. The number of benzene rings is 4. The highest BCUT2D eigenvalue weighted by Crippen LogP contribution is 2.43. The minimum Gasteiger partial charge on any atom is -0.496 e. The van der Waals surface area contributed by atoms with Gasteiger partial charge in [0.25, 0.3) is 0 Å². The molecular weight excluding hydrogens is 606 g/mol. The number of carbonyl (C=O) groups is 2. The van der Waals surface area contributed by atoms with Crippen LogP contribution in [0.15, 0.2) is 89.4 Å². The van der Waals surface area contributed by atoms with Crippen molar-refractivity contribution in [2.24, 2.45) is 0 Å². The zero-order valence-electron chi connectivity index (χ0n) is 24.5. The molecule has 1 amide bonds. The summed E-state index contributed by atoms with van der Waals surface area (Å²) in [6.45, 7) is 4.01. The number of aryl methyl sites for hydroxylation is 1. The monoisotopic (exact) mass is 642 g/mol. The van der Waals surface area contributed by atoms with E-state index in [0.717, 1.165) is 49.3 Å². The van der Waals surface area contributed by atoms with E-state index in [-0.39, 0.29) is 23.6 Å². The Bertz CT molecular complexity index is 1600. The lowest BCUT2D eigenvalue weighted by Crippen LogP contribution is -2.49. The molecule has 222 valence electrons. The number of rotatable bonds is 10. The van der Waals surface area contributed by atoms with E-state index in [1.54, 1.807) is 6.07 Å². The molecule has 0 aliphatic carbocycles. The van der Waals surface area contributed by atoms with Crippen LogP contribution in [-0.4, -0.2) is 37.2 Å². The molecule has 0 unspecified atom stereocenters. The van der Waals surface area contributed by atoms with Crippen LogP contribution in [0.5, 0.6) is 5.75 Å². The van der Waals surface area contributed by atoms with Crippen molar-refractivity contribution in [3.63, 3.8) is 0 Å². The fourth-order valence-electron chi connectivity index (χ4n) is 6.01. The topological polar surface area (TPSA) is 87.7 Å². The summed E-state index contributed by atoms with van der Waals surface area (Å²) in [5.41, 5.74) is 13.7. The lowest BCUT2D eigenvalue weighted by Gasteiger charge is -2.42. The van der Waals surface area contributed by atoms with E-state index in [9.17, 15) is 14.7 Å². The van der Waals surface area contributed by atoms with Gasteiger partial charge in [-0.1, -0.05) is 70.5 Å². The van der Waals surface area contributed by atoms with E-state index < -0.39 is 5.97 Å². The average molecular weight is 644 g/mol. The molecule has 43 heavy (non-hydrogen) atoms. The molecule has 4 aromatic rings. The number of piperidine rings is 1. The van der Waals surface area contributed by atoms with Crippen molar-refractivity contribution < 1.29 is 19.4 Å². The van der Waals surface area contributed by atoms with Gasteiger partial charge in [0.1, 0.15) is 22.7 Å². The standard InChI is InChI=1S/C35H36BrN3O4/c1-24-10-9-13-31(34(24)38-37-33(40)22-27-21-32(43-2)29(35(41)42)23-30(27)36)39(18-7-4-8-19-39)28-16-14-26(15-17-28)20-25-11-5-3-6-12-25/h3,5-6,9-17,21,23,38H,4,7-8,18-20,22H2,1-2H3,(H-,37,40,41,42)/p+1. The molecule has 0 radical (unpaired) electrons. The second-order valence-electron chi connectivity index (χ2n) is 11.1. The highest BCUT2D eigenvalue weighted by Gasteiger charge is 2.37. The number of quaternary nitrogens is 1. The van der Waals surface area contributed by atoms with Gasteiger partial charge < -0.3 is 9.84 Å². The fourth-order valence-corrected chi connectivity index (χ4v) is 6.49. The van der Waals surface area contributed by atoms with E-state index >= 15 is 0 Å². The number of ether oxygens (including phenoxy) is 1. The highest BCUT2D eigenvalue weighted by atomic mass is 79.9. The Morgan fingerprint density at radius 2 is 1.60 bits per heavy atom. The number of carbonyl (C=O) groups excluding carboxylic acids is 1. The van der Waals surface area contributed by atoms with Gasteiger partial charge in [0.15, 0.2) is 5.69 Å². The van der Waals surface area contributed by atoms with E-state index in [1.165, 1.54) is 36.4 Å². The first-order valence-electron chi connectivity index (χ1n) is 14.6. The number of nitrogens with one attached hydrogen (secondary N) is 2. The second kappa shape index (κ2) is 13.4. The fraction of sp³-hybridized carbons (Fsp3) is 0.257. The molecule has 1 aliphatic heterocycles. The molecule has 0 atom stereocenters. The van der Waals surface area contributed by atoms with E-state index in [2.05, 4.69) is 87.4 Å². The predicted molar refractivity (Wildman–Crippen MR) is 175 cm³/mol. The Hall–Kier alpha value is -4.14. The van der Waals surface area contributed by atoms with Gasteiger partial charge in [0, 0.05) is 10.5 Å². The van der Waals surface area contributed by atoms with Crippen molar-refractivity contribution in [2.75, 3.05) is 25.6 Å². The first-order valence-corrected chi connectivity index (χ1v) is 15.4. The molecule has 4 aromatic carbocycles. The molecule has 3 N–H and O–H groups in total. The largest absolute Gasteiger partial charge is 0.496 e. The Morgan fingerprint density at radius 3 is 2.28 bits per heavy atom. The number of hydrazine groups is 1. The van der Waals surface area contributed by atoms with Gasteiger partial charge in [-0.3, -0.25) is 20.1 Å². The summed E-state index contributed by atoms with van der Waals surface area (Å²) in [6.07, 6.45) is 4.37. The quantitative estimate of drug-likeness (QED) is 0.123. The molecule has 5 rings (SSSR count). The maximum Gasteiger partial charge on any atom is 0.339 e. The van der Waals surface area contributed by atoms with Crippen LogP contribution in [0.3, 0.4) is 0 Å². The second-order valence-corrected chi connectivity index (χ2v) is 11.9. The predicted octanol–water partition coefficient (Wildman–Crippen LogP) is 7.56. The molecule has 0 spiro atoms. The maximum absolute atomic E-state index is 13.1. The maximum atomic E-state index is 13.1. The minimum atomic E-state index is -1.09. The van der Waals surface area contributed by atoms with Crippen LogP contribution in [0.2, 0.25) is 0 Å². The van der Waals surface area contributed by atoms with Crippen LogP contribution >= 0.6 is 15.9 Å². The van der Waals surface area contributed by atoms with Gasteiger partial charge in [-0.05, 0) is 79.1 Å². The molecule has 0 aromatic heterocycles. The Balaban J connectivity index is 1.39. The summed E-state index contributed by atoms with van der Waals surface area (Å²) in [5.74, 6) is -1.14. The van der Waals surface area contributed by atoms with Gasteiger partial charge in [0.2, 0.25) is 5.91 Å². The van der Waals surface area contributed by atoms with E-state index in [4.69, 9.17) is 4.74 Å². The van der Waals surface area contributed by atoms with Crippen molar-refractivity contribution in [3.05, 3.63) is 117 Å². The summed E-state index contributed by atoms with van der Waals surface area (Å²) < 4.78 is 6.50. The third-order valence-corrected chi connectivity index (χ3v) is 8.99. The molecule has 1 saturated heterocycles. The summed E-state index contributed by atoms with van der Waals surface area (Å²) in [7, 11) is 1.41. The number of methoxy groups -OCH3 is 1. The number of aromatic carboxylic acids is 1. The molecule has 0 saturated carbocycles. The van der Waals surface area contributed by atoms with Crippen molar-refractivity contribution in [1.82, 2.24) is 9.91 Å². The van der Waals surface area contributed by atoms with Crippen molar-refractivity contribution >= 4 is 44.9 Å². The van der Waals surface area contributed by atoms with E-state index in [0.29, 0.717) is 14.5 Å². The number of hydrogen-bond donors (Lipinski definition) is 3. The molecule has 1 heterocycles.